The first-order chi connectivity index (χ1) is 13.0. The van der Waals surface area contributed by atoms with Gasteiger partial charge < -0.3 is 20.1 Å². The largest absolute Gasteiger partial charge is 0.495 e. The summed E-state index contributed by atoms with van der Waals surface area (Å²) in [5.74, 6) is -1.05. The second-order valence-corrected chi connectivity index (χ2v) is 6.20. The van der Waals surface area contributed by atoms with Gasteiger partial charge in [0.05, 0.1) is 37.3 Å². The van der Waals surface area contributed by atoms with Crippen LogP contribution < -0.4 is 15.4 Å². The summed E-state index contributed by atoms with van der Waals surface area (Å²) in [7, 11) is 2.84. The molecule has 1 aliphatic rings. The highest BCUT2D eigenvalue weighted by molar-refractivity contribution is 6.03. The van der Waals surface area contributed by atoms with E-state index < -0.39 is 5.97 Å². The first-order valence-corrected chi connectivity index (χ1v) is 8.46. The lowest BCUT2D eigenvalue weighted by Gasteiger charge is -2.10. The molecule has 0 aliphatic heterocycles. The smallest absolute Gasteiger partial charge is 0.337 e. The van der Waals surface area contributed by atoms with Crippen LogP contribution in [0.2, 0.25) is 0 Å². The van der Waals surface area contributed by atoms with E-state index >= 15 is 0 Å². The van der Waals surface area contributed by atoms with Crippen LogP contribution in [0, 0.1) is 11.8 Å². The Hall–Kier alpha value is -3.35. The van der Waals surface area contributed by atoms with E-state index in [2.05, 4.69) is 15.4 Å². The molecule has 0 spiro atoms. The topological polar surface area (TPSA) is 93.7 Å². The van der Waals surface area contributed by atoms with Gasteiger partial charge in [-0.15, -0.1) is 0 Å². The molecule has 0 aromatic heterocycles. The normalized spacial score (nSPS) is 17.6. The number of amides is 2. The van der Waals surface area contributed by atoms with Gasteiger partial charge in [-0.3, -0.25) is 9.59 Å². The van der Waals surface area contributed by atoms with Crippen LogP contribution in [-0.2, 0) is 14.3 Å². The number of para-hydroxylation sites is 2. The van der Waals surface area contributed by atoms with E-state index in [-0.39, 0.29) is 23.7 Å². The summed E-state index contributed by atoms with van der Waals surface area (Å²) in [5.41, 5.74) is 1.54. The molecule has 1 aliphatic carbocycles. The Morgan fingerprint density at radius 1 is 0.889 bits per heavy atom. The zero-order valence-electron chi connectivity index (χ0n) is 15.0. The summed E-state index contributed by atoms with van der Waals surface area (Å²) in [4.78, 5) is 36.1. The molecule has 0 bridgehead atoms. The van der Waals surface area contributed by atoms with Crippen molar-refractivity contribution in [1.29, 1.82) is 0 Å². The van der Waals surface area contributed by atoms with Gasteiger partial charge in [-0.25, -0.2) is 4.79 Å². The van der Waals surface area contributed by atoms with Crippen LogP contribution in [0.25, 0.3) is 0 Å². The van der Waals surface area contributed by atoms with Crippen LogP contribution in [0.3, 0.4) is 0 Å². The van der Waals surface area contributed by atoms with Crippen LogP contribution in [0.4, 0.5) is 11.4 Å². The molecule has 2 atom stereocenters. The lowest BCUT2D eigenvalue weighted by Crippen LogP contribution is -2.20. The van der Waals surface area contributed by atoms with Crippen molar-refractivity contribution < 1.29 is 23.9 Å². The maximum Gasteiger partial charge on any atom is 0.337 e. The Balaban J connectivity index is 1.55. The molecule has 0 heterocycles. The fourth-order valence-electron chi connectivity index (χ4n) is 2.79. The van der Waals surface area contributed by atoms with E-state index in [1.54, 1.807) is 42.5 Å². The van der Waals surface area contributed by atoms with Crippen LogP contribution in [-0.4, -0.2) is 32.0 Å². The minimum atomic E-state index is -0.442. The Kier molecular flexibility index (Phi) is 5.40. The van der Waals surface area contributed by atoms with Crippen molar-refractivity contribution in [2.45, 2.75) is 6.42 Å². The molecule has 2 unspecified atom stereocenters. The van der Waals surface area contributed by atoms with Crippen molar-refractivity contribution in [2.24, 2.45) is 11.8 Å². The van der Waals surface area contributed by atoms with E-state index in [0.717, 1.165) is 0 Å². The number of hydrogen-bond acceptors (Lipinski definition) is 5. The second-order valence-electron chi connectivity index (χ2n) is 6.20. The third kappa shape index (κ3) is 4.25. The zero-order chi connectivity index (χ0) is 19.4. The van der Waals surface area contributed by atoms with E-state index in [1.165, 1.54) is 14.2 Å². The van der Waals surface area contributed by atoms with Crippen LogP contribution >= 0.6 is 0 Å². The Morgan fingerprint density at radius 3 is 2.15 bits per heavy atom. The third-order valence-corrected chi connectivity index (χ3v) is 4.40. The standard InChI is InChI=1S/C20H20N2O5/c1-26-17-6-4-3-5-16(17)22-19(24)15-11-14(15)18(23)21-13-9-7-12(8-10-13)20(25)27-2/h3-10,14-15H,11H2,1-2H3,(H,21,23)(H,22,24). The fraction of sp³-hybridized carbons (Fsp3) is 0.250. The summed E-state index contributed by atoms with van der Waals surface area (Å²) in [6.45, 7) is 0. The van der Waals surface area contributed by atoms with Crippen molar-refractivity contribution in [3.05, 3.63) is 54.1 Å². The molecule has 7 nitrogen and oxygen atoms in total. The molecule has 2 N–H and O–H groups in total. The molecule has 2 aromatic carbocycles. The first kappa shape index (κ1) is 18.4. The Bertz CT molecular complexity index is 863. The molecule has 0 radical (unpaired) electrons. The van der Waals surface area contributed by atoms with Gasteiger partial charge in [0.25, 0.3) is 0 Å². The summed E-state index contributed by atoms with van der Waals surface area (Å²) in [6.07, 6.45) is 0.493. The molecule has 2 amide bonds. The fourth-order valence-corrected chi connectivity index (χ4v) is 2.79. The predicted molar refractivity (Wildman–Crippen MR) is 99.6 cm³/mol. The maximum absolute atomic E-state index is 12.4. The minimum Gasteiger partial charge on any atom is -0.495 e. The van der Waals surface area contributed by atoms with E-state index in [0.29, 0.717) is 29.1 Å². The SMILES string of the molecule is COC(=O)c1ccc(NC(=O)C2CC2C(=O)Nc2ccccc2OC)cc1. The van der Waals surface area contributed by atoms with E-state index in [9.17, 15) is 14.4 Å². The quantitative estimate of drug-likeness (QED) is 0.765. The van der Waals surface area contributed by atoms with Crippen LogP contribution in [0.1, 0.15) is 16.8 Å². The summed E-state index contributed by atoms with van der Waals surface area (Å²) < 4.78 is 9.84. The Morgan fingerprint density at radius 2 is 1.52 bits per heavy atom. The molecular weight excluding hydrogens is 348 g/mol. The van der Waals surface area contributed by atoms with Gasteiger partial charge in [0.1, 0.15) is 5.75 Å². The van der Waals surface area contributed by atoms with Gasteiger partial charge in [0, 0.05) is 5.69 Å². The van der Waals surface area contributed by atoms with Crippen molar-refractivity contribution in [1.82, 2.24) is 0 Å². The number of esters is 1. The van der Waals surface area contributed by atoms with Crippen LogP contribution in [0.5, 0.6) is 5.75 Å². The van der Waals surface area contributed by atoms with Crippen LogP contribution in [0.15, 0.2) is 48.5 Å². The number of nitrogens with one attached hydrogen (secondary N) is 2. The molecule has 27 heavy (non-hydrogen) atoms. The molecule has 1 saturated carbocycles. The number of carbonyl (C=O) groups excluding carboxylic acids is 3. The molecule has 1 fully saturated rings. The number of hydrogen-bond donors (Lipinski definition) is 2. The first-order valence-electron chi connectivity index (χ1n) is 8.46. The lowest BCUT2D eigenvalue weighted by molar-refractivity contribution is -0.122. The molecule has 3 rings (SSSR count). The predicted octanol–water partition coefficient (Wildman–Crippen LogP) is 2.70. The monoisotopic (exact) mass is 368 g/mol. The van der Waals surface area contributed by atoms with Gasteiger partial charge in [-0.2, -0.15) is 0 Å². The van der Waals surface area contributed by atoms with Crippen molar-refractivity contribution in [2.75, 3.05) is 24.9 Å². The highest BCUT2D eigenvalue weighted by Gasteiger charge is 2.48. The number of benzene rings is 2. The van der Waals surface area contributed by atoms with Gasteiger partial charge in [-0.1, -0.05) is 12.1 Å². The number of ether oxygens (including phenoxy) is 2. The summed E-state index contributed by atoms with van der Waals surface area (Å²) in [5, 5.41) is 5.57. The van der Waals surface area contributed by atoms with E-state index in [4.69, 9.17) is 4.74 Å². The highest BCUT2D eigenvalue weighted by atomic mass is 16.5. The number of anilines is 2. The average Bonchev–Trinajstić information content (AvgIpc) is 3.49. The number of methoxy groups -OCH3 is 2. The number of rotatable bonds is 6. The van der Waals surface area contributed by atoms with Gasteiger partial charge in [-0.05, 0) is 42.8 Å². The number of carbonyl (C=O) groups is 3. The molecule has 140 valence electrons. The molecule has 2 aromatic rings. The van der Waals surface area contributed by atoms with Crippen molar-refractivity contribution >= 4 is 29.2 Å². The Labute approximate surface area is 156 Å². The second kappa shape index (κ2) is 7.90. The van der Waals surface area contributed by atoms with Crippen molar-refractivity contribution in [3.8, 4) is 5.75 Å². The third-order valence-electron chi connectivity index (χ3n) is 4.40. The zero-order valence-corrected chi connectivity index (χ0v) is 15.0. The van der Waals surface area contributed by atoms with E-state index in [1.807, 2.05) is 6.07 Å². The van der Waals surface area contributed by atoms with Gasteiger partial charge >= 0.3 is 5.97 Å². The maximum atomic E-state index is 12.4. The summed E-state index contributed by atoms with van der Waals surface area (Å²) in [6, 6.07) is 13.5. The highest BCUT2D eigenvalue weighted by Crippen LogP contribution is 2.40. The van der Waals surface area contributed by atoms with Gasteiger partial charge in [0.15, 0.2) is 0 Å². The molecule has 0 saturated heterocycles. The van der Waals surface area contributed by atoms with Gasteiger partial charge in [0.2, 0.25) is 11.8 Å². The average molecular weight is 368 g/mol. The molecule has 7 heteroatoms. The minimum absolute atomic E-state index is 0.208. The van der Waals surface area contributed by atoms with Crippen molar-refractivity contribution in [3.63, 3.8) is 0 Å². The summed E-state index contributed by atoms with van der Waals surface area (Å²) >= 11 is 0. The molecular formula is C20H20N2O5. The lowest BCUT2D eigenvalue weighted by atomic mass is 10.2.